The number of nitrogens with one attached hydrogen (secondary N) is 1. The Morgan fingerprint density at radius 1 is 1.08 bits per heavy atom. The van der Waals surface area contributed by atoms with Crippen molar-refractivity contribution in [1.82, 2.24) is 9.97 Å². The first kappa shape index (κ1) is 16.1. The minimum Gasteiger partial charge on any atom is -0.493 e. The largest absolute Gasteiger partial charge is 0.493 e. The van der Waals surface area contributed by atoms with Crippen molar-refractivity contribution in [3.05, 3.63) is 47.0 Å². The fourth-order valence-electron chi connectivity index (χ4n) is 2.37. The number of fused-ring (bicyclic) bond motifs is 1. The normalized spacial score (nSPS) is 10.6. The standard InChI is InChI=1S/C17H17ClN4O2/c1-23-14-7-11-13(8-15(14)24-2)21-17(22-16(11)19)20-9-10-5-3-4-6-12(10)18/h3-8H,9H2,1-2H3,(H3,19,20,21,22). The van der Waals surface area contributed by atoms with Crippen molar-refractivity contribution in [1.29, 1.82) is 0 Å². The Kier molecular flexibility index (Phi) is 4.57. The summed E-state index contributed by atoms with van der Waals surface area (Å²) in [4.78, 5) is 8.78. The van der Waals surface area contributed by atoms with E-state index in [2.05, 4.69) is 15.3 Å². The average Bonchev–Trinajstić information content (AvgIpc) is 2.60. The van der Waals surface area contributed by atoms with Gasteiger partial charge in [0, 0.05) is 23.0 Å². The smallest absolute Gasteiger partial charge is 0.225 e. The molecule has 0 aliphatic carbocycles. The third-order valence-electron chi connectivity index (χ3n) is 3.63. The van der Waals surface area contributed by atoms with Crippen LogP contribution in [0.3, 0.4) is 0 Å². The highest BCUT2D eigenvalue weighted by atomic mass is 35.5. The number of anilines is 2. The Morgan fingerprint density at radius 3 is 2.50 bits per heavy atom. The summed E-state index contributed by atoms with van der Waals surface area (Å²) in [6, 6.07) is 11.1. The van der Waals surface area contributed by atoms with E-state index in [1.54, 1.807) is 26.4 Å². The van der Waals surface area contributed by atoms with Crippen LogP contribution in [-0.4, -0.2) is 24.2 Å². The van der Waals surface area contributed by atoms with Crippen LogP contribution in [-0.2, 0) is 6.54 Å². The lowest BCUT2D eigenvalue weighted by Gasteiger charge is -2.12. The molecule has 0 aliphatic rings. The molecule has 7 heteroatoms. The molecule has 0 fully saturated rings. The van der Waals surface area contributed by atoms with Crippen LogP contribution in [0.1, 0.15) is 5.56 Å². The molecular formula is C17H17ClN4O2. The number of nitrogens with two attached hydrogens (primary N) is 1. The number of hydrogen-bond donors (Lipinski definition) is 2. The third-order valence-corrected chi connectivity index (χ3v) is 3.99. The maximum absolute atomic E-state index is 6.15. The summed E-state index contributed by atoms with van der Waals surface area (Å²) in [5.41, 5.74) is 7.68. The molecule has 0 bridgehead atoms. The van der Waals surface area contributed by atoms with Crippen molar-refractivity contribution < 1.29 is 9.47 Å². The summed E-state index contributed by atoms with van der Waals surface area (Å²) in [7, 11) is 3.14. The molecule has 0 unspecified atom stereocenters. The highest BCUT2D eigenvalue weighted by molar-refractivity contribution is 6.31. The Bertz CT molecular complexity index is 886. The van der Waals surface area contributed by atoms with E-state index in [1.807, 2.05) is 24.3 Å². The average molecular weight is 345 g/mol. The van der Waals surface area contributed by atoms with Crippen LogP contribution < -0.4 is 20.5 Å². The Labute approximate surface area is 144 Å². The second-order valence-corrected chi connectivity index (χ2v) is 5.51. The highest BCUT2D eigenvalue weighted by Gasteiger charge is 2.11. The maximum atomic E-state index is 6.15. The number of aromatic nitrogens is 2. The predicted octanol–water partition coefficient (Wildman–Crippen LogP) is 3.49. The van der Waals surface area contributed by atoms with Gasteiger partial charge in [-0.25, -0.2) is 4.98 Å². The lowest BCUT2D eigenvalue weighted by atomic mass is 10.2. The monoisotopic (exact) mass is 344 g/mol. The zero-order chi connectivity index (χ0) is 17.1. The molecule has 1 aromatic heterocycles. The van der Waals surface area contributed by atoms with Crippen LogP contribution in [0.4, 0.5) is 11.8 Å². The van der Waals surface area contributed by atoms with Gasteiger partial charge in [-0.05, 0) is 17.7 Å². The molecule has 124 valence electrons. The third kappa shape index (κ3) is 3.14. The summed E-state index contributed by atoms with van der Waals surface area (Å²) in [6.45, 7) is 0.498. The van der Waals surface area contributed by atoms with Crippen LogP contribution in [0.15, 0.2) is 36.4 Å². The number of halogens is 1. The van der Waals surface area contributed by atoms with E-state index in [-0.39, 0.29) is 0 Å². The minimum atomic E-state index is 0.364. The van der Waals surface area contributed by atoms with E-state index >= 15 is 0 Å². The number of methoxy groups -OCH3 is 2. The number of nitrogen functional groups attached to an aromatic ring is 1. The Balaban J connectivity index is 1.93. The molecule has 3 rings (SSSR count). The summed E-state index contributed by atoms with van der Waals surface area (Å²) in [5.74, 6) is 1.95. The molecule has 3 aromatic rings. The topological polar surface area (TPSA) is 82.3 Å². The van der Waals surface area contributed by atoms with Crippen LogP contribution in [0.25, 0.3) is 10.9 Å². The molecule has 24 heavy (non-hydrogen) atoms. The summed E-state index contributed by atoms with van der Waals surface area (Å²) < 4.78 is 10.6. The Hall–Kier alpha value is -2.73. The number of benzene rings is 2. The molecule has 3 N–H and O–H groups in total. The SMILES string of the molecule is COc1cc2nc(NCc3ccccc3Cl)nc(N)c2cc1OC. The van der Waals surface area contributed by atoms with Gasteiger partial charge >= 0.3 is 0 Å². The van der Waals surface area contributed by atoms with E-state index in [4.69, 9.17) is 26.8 Å². The van der Waals surface area contributed by atoms with Crippen LogP contribution in [0.5, 0.6) is 11.5 Å². The highest BCUT2D eigenvalue weighted by Crippen LogP contribution is 2.33. The van der Waals surface area contributed by atoms with Crippen molar-refractivity contribution in [2.75, 3.05) is 25.3 Å². The lowest BCUT2D eigenvalue weighted by Crippen LogP contribution is -2.06. The molecule has 1 heterocycles. The van der Waals surface area contributed by atoms with Crippen LogP contribution in [0, 0.1) is 0 Å². The van der Waals surface area contributed by atoms with Gasteiger partial charge in [0.2, 0.25) is 5.95 Å². The first-order valence-electron chi connectivity index (χ1n) is 7.29. The fraction of sp³-hybridized carbons (Fsp3) is 0.176. The molecule has 0 radical (unpaired) electrons. The zero-order valence-electron chi connectivity index (χ0n) is 13.3. The van der Waals surface area contributed by atoms with Gasteiger partial charge in [0.25, 0.3) is 0 Å². The quantitative estimate of drug-likeness (QED) is 0.737. The zero-order valence-corrected chi connectivity index (χ0v) is 14.1. The van der Waals surface area contributed by atoms with Gasteiger partial charge < -0.3 is 20.5 Å². The lowest BCUT2D eigenvalue weighted by molar-refractivity contribution is 0.356. The van der Waals surface area contributed by atoms with Crippen molar-refractivity contribution in [2.45, 2.75) is 6.54 Å². The molecule has 0 amide bonds. The number of rotatable bonds is 5. The Morgan fingerprint density at radius 2 is 1.79 bits per heavy atom. The van der Waals surface area contributed by atoms with Crippen molar-refractivity contribution in [3.8, 4) is 11.5 Å². The molecule has 0 saturated heterocycles. The number of hydrogen-bond acceptors (Lipinski definition) is 6. The second-order valence-electron chi connectivity index (χ2n) is 5.10. The van der Waals surface area contributed by atoms with E-state index in [9.17, 15) is 0 Å². The van der Waals surface area contributed by atoms with E-state index in [0.29, 0.717) is 45.7 Å². The summed E-state index contributed by atoms with van der Waals surface area (Å²) in [5, 5.41) is 4.53. The number of nitrogens with zero attached hydrogens (tertiary/aromatic N) is 2. The van der Waals surface area contributed by atoms with Crippen molar-refractivity contribution in [2.24, 2.45) is 0 Å². The van der Waals surface area contributed by atoms with E-state index in [1.165, 1.54) is 0 Å². The van der Waals surface area contributed by atoms with E-state index in [0.717, 1.165) is 5.56 Å². The second kappa shape index (κ2) is 6.80. The van der Waals surface area contributed by atoms with E-state index < -0.39 is 0 Å². The van der Waals surface area contributed by atoms with Gasteiger partial charge in [-0.3, -0.25) is 0 Å². The molecule has 0 saturated carbocycles. The number of ether oxygens (including phenoxy) is 2. The van der Waals surface area contributed by atoms with Crippen LogP contribution >= 0.6 is 11.6 Å². The van der Waals surface area contributed by atoms with Gasteiger partial charge in [0.15, 0.2) is 11.5 Å². The van der Waals surface area contributed by atoms with Gasteiger partial charge in [-0.1, -0.05) is 29.8 Å². The van der Waals surface area contributed by atoms with Crippen molar-refractivity contribution in [3.63, 3.8) is 0 Å². The molecule has 0 atom stereocenters. The van der Waals surface area contributed by atoms with Crippen molar-refractivity contribution >= 4 is 34.3 Å². The molecule has 0 spiro atoms. The summed E-state index contributed by atoms with van der Waals surface area (Å²) in [6.07, 6.45) is 0. The van der Waals surface area contributed by atoms with Gasteiger partial charge in [0.05, 0.1) is 19.7 Å². The fourth-order valence-corrected chi connectivity index (χ4v) is 2.58. The van der Waals surface area contributed by atoms with Gasteiger partial charge in [-0.15, -0.1) is 0 Å². The molecule has 0 aliphatic heterocycles. The summed E-state index contributed by atoms with van der Waals surface area (Å²) >= 11 is 6.15. The first-order valence-corrected chi connectivity index (χ1v) is 7.66. The van der Waals surface area contributed by atoms with Gasteiger partial charge in [-0.2, -0.15) is 4.98 Å². The predicted molar refractivity (Wildman–Crippen MR) is 95.8 cm³/mol. The molecule has 2 aromatic carbocycles. The minimum absolute atomic E-state index is 0.364. The maximum Gasteiger partial charge on any atom is 0.225 e. The first-order chi connectivity index (χ1) is 11.6. The molecular weight excluding hydrogens is 328 g/mol. The van der Waals surface area contributed by atoms with Crippen LogP contribution in [0.2, 0.25) is 5.02 Å². The molecule has 6 nitrogen and oxygen atoms in total. The van der Waals surface area contributed by atoms with Gasteiger partial charge in [0.1, 0.15) is 5.82 Å².